The van der Waals surface area contributed by atoms with E-state index in [2.05, 4.69) is 5.32 Å². The molecule has 0 spiro atoms. The molecule has 0 saturated heterocycles. The molecule has 3 aromatic rings. The van der Waals surface area contributed by atoms with Crippen LogP contribution in [0.2, 0.25) is 0 Å². The van der Waals surface area contributed by atoms with E-state index in [9.17, 15) is 9.18 Å². The third-order valence-electron chi connectivity index (χ3n) is 5.83. The van der Waals surface area contributed by atoms with Crippen molar-refractivity contribution in [3.8, 4) is 5.75 Å². The van der Waals surface area contributed by atoms with Gasteiger partial charge in [-0.05, 0) is 54.2 Å². The Morgan fingerprint density at radius 3 is 2.33 bits per heavy atom. The Kier molecular flexibility index (Phi) is 5.53. The van der Waals surface area contributed by atoms with E-state index in [1.165, 1.54) is 19.2 Å². The number of ether oxygens (including phenoxy) is 1. The third-order valence-corrected chi connectivity index (χ3v) is 5.83. The van der Waals surface area contributed by atoms with E-state index in [-0.39, 0.29) is 12.3 Å². The summed E-state index contributed by atoms with van der Waals surface area (Å²) in [6.45, 7) is 0. The van der Waals surface area contributed by atoms with Gasteiger partial charge in [-0.2, -0.15) is 0 Å². The molecule has 1 saturated carbocycles. The molecule has 3 atom stereocenters. The number of hydrogen-bond acceptors (Lipinski definition) is 2. The number of carbonyl (C=O) groups excluding carboxylic acids is 1. The lowest BCUT2D eigenvalue weighted by molar-refractivity contribution is -0.128. The monoisotopic (exact) mass is 407 g/mol. The molecule has 154 valence electrons. The van der Waals surface area contributed by atoms with Gasteiger partial charge in [0.15, 0.2) is 5.67 Å². The predicted octanol–water partition coefficient (Wildman–Crippen LogP) is 5.84. The van der Waals surface area contributed by atoms with Crippen LogP contribution >= 0.6 is 0 Å². The highest BCUT2D eigenvalue weighted by molar-refractivity contribution is 5.98. The van der Waals surface area contributed by atoms with Crippen LogP contribution in [0.4, 0.5) is 14.5 Å². The number of rotatable bonds is 5. The van der Waals surface area contributed by atoms with Crippen LogP contribution in [0, 0.1) is 5.82 Å². The number of benzene rings is 3. The largest absolute Gasteiger partial charge is 0.497 e. The van der Waals surface area contributed by atoms with Crippen molar-refractivity contribution in [2.24, 2.45) is 0 Å². The van der Waals surface area contributed by atoms with Gasteiger partial charge >= 0.3 is 0 Å². The zero-order chi connectivity index (χ0) is 21.1. The highest BCUT2D eigenvalue weighted by atomic mass is 19.1. The van der Waals surface area contributed by atoms with Crippen LogP contribution in [0.1, 0.15) is 35.8 Å². The number of carbonyl (C=O) groups is 1. The van der Waals surface area contributed by atoms with E-state index in [4.69, 9.17) is 4.74 Å². The summed E-state index contributed by atoms with van der Waals surface area (Å²) in [5, 5.41) is 2.72. The van der Waals surface area contributed by atoms with E-state index < -0.39 is 23.3 Å². The fourth-order valence-corrected chi connectivity index (χ4v) is 4.34. The van der Waals surface area contributed by atoms with Gasteiger partial charge in [0, 0.05) is 17.7 Å². The molecule has 0 radical (unpaired) electrons. The minimum absolute atomic E-state index is 0.0299. The minimum atomic E-state index is -2.12. The van der Waals surface area contributed by atoms with Crippen LogP contribution in [0.15, 0.2) is 78.9 Å². The maximum Gasteiger partial charge on any atom is 0.262 e. The van der Waals surface area contributed by atoms with Gasteiger partial charge in [-0.3, -0.25) is 4.79 Å². The quantitative estimate of drug-likeness (QED) is 0.577. The molecule has 1 aliphatic carbocycles. The second-order valence-corrected chi connectivity index (χ2v) is 7.71. The summed E-state index contributed by atoms with van der Waals surface area (Å²) in [5.74, 6) is -1.68. The molecule has 1 amide bonds. The summed E-state index contributed by atoms with van der Waals surface area (Å²) in [7, 11) is 1.47. The highest BCUT2D eigenvalue weighted by Crippen LogP contribution is 2.53. The zero-order valence-corrected chi connectivity index (χ0v) is 16.6. The molecule has 0 unspecified atom stereocenters. The van der Waals surface area contributed by atoms with E-state index in [1.54, 1.807) is 30.3 Å². The Morgan fingerprint density at radius 1 is 1.00 bits per heavy atom. The molecule has 4 rings (SSSR count). The molecule has 1 N–H and O–H groups in total. The average Bonchev–Trinajstić information content (AvgIpc) is 3.13. The fraction of sp³-hybridized carbons (Fsp3) is 0.240. The predicted molar refractivity (Wildman–Crippen MR) is 113 cm³/mol. The first-order valence-electron chi connectivity index (χ1n) is 9.94. The normalized spacial score (nSPS) is 23.2. The second-order valence-electron chi connectivity index (χ2n) is 7.71. The minimum Gasteiger partial charge on any atom is -0.497 e. The Balaban J connectivity index is 1.69. The van der Waals surface area contributed by atoms with Crippen LogP contribution in [0.25, 0.3) is 0 Å². The lowest BCUT2D eigenvalue weighted by Gasteiger charge is -2.26. The van der Waals surface area contributed by atoms with Gasteiger partial charge in [0.25, 0.3) is 5.91 Å². The van der Waals surface area contributed by atoms with Crippen LogP contribution in [0.5, 0.6) is 5.75 Å². The van der Waals surface area contributed by atoms with Crippen molar-refractivity contribution >= 4 is 11.6 Å². The van der Waals surface area contributed by atoms with Crippen molar-refractivity contribution < 1.29 is 18.3 Å². The molecule has 5 heteroatoms. The lowest BCUT2D eigenvalue weighted by atomic mass is 9.85. The van der Waals surface area contributed by atoms with Crippen molar-refractivity contribution in [3.05, 3.63) is 95.8 Å². The maximum absolute atomic E-state index is 16.4. The van der Waals surface area contributed by atoms with Gasteiger partial charge in [0.1, 0.15) is 11.6 Å². The first-order valence-corrected chi connectivity index (χ1v) is 9.94. The smallest absolute Gasteiger partial charge is 0.262 e. The Labute approximate surface area is 174 Å². The SMILES string of the molecule is COc1cc(F)cc([C@@H]2C[C@@H](c3ccccc3)[C@@](F)(C(=O)Nc3ccccc3)C2)c1. The molecular weight excluding hydrogens is 384 g/mol. The molecule has 0 heterocycles. The van der Waals surface area contributed by atoms with Crippen molar-refractivity contribution in [2.45, 2.75) is 30.3 Å². The average molecular weight is 407 g/mol. The van der Waals surface area contributed by atoms with Crippen molar-refractivity contribution in [1.82, 2.24) is 0 Å². The summed E-state index contributed by atoms with van der Waals surface area (Å²) in [5.41, 5.74) is -0.183. The van der Waals surface area contributed by atoms with Gasteiger partial charge < -0.3 is 10.1 Å². The van der Waals surface area contributed by atoms with Crippen LogP contribution in [-0.2, 0) is 4.79 Å². The topological polar surface area (TPSA) is 38.3 Å². The van der Waals surface area contributed by atoms with Crippen LogP contribution in [0.3, 0.4) is 0 Å². The zero-order valence-electron chi connectivity index (χ0n) is 16.6. The summed E-state index contributed by atoms with van der Waals surface area (Å²) in [4.78, 5) is 13.1. The number of amides is 1. The van der Waals surface area contributed by atoms with Crippen molar-refractivity contribution in [2.75, 3.05) is 12.4 Å². The third kappa shape index (κ3) is 3.92. The first-order chi connectivity index (χ1) is 14.5. The maximum atomic E-state index is 16.4. The molecule has 1 aliphatic rings. The van der Waals surface area contributed by atoms with E-state index in [0.29, 0.717) is 23.4 Å². The van der Waals surface area contributed by atoms with Gasteiger partial charge in [-0.15, -0.1) is 0 Å². The highest BCUT2D eigenvalue weighted by Gasteiger charge is 2.54. The van der Waals surface area contributed by atoms with Crippen molar-refractivity contribution in [3.63, 3.8) is 0 Å². The second kappa shape index (κ2) is 8.27. The van der Waals surface area contributed by atoms with E-state index in [0.717, 1.165) is 5.56 Å². The Bertz CT molecular complexity index is 1030. The number of para-hydroxylation sites is 1. The standard InChI is InChI=1S/C25H23F2NO2/c1-30-22-13-18(12-20(26)15-22)19-14-23(17-8-4-2-5-9-17)25(27,16-19)24(29)28-21-10-6-3-7-11-21/h2-13,15,19,23H,14,16H2,1H3,(H,28,29)/t19-,23+,25-/m1/s1. The Morgan fingerprint density at radius 2 is 1.67 bits per heavy atom. The molecule has 3 nitrogen and oxygen atoms in total. The first kappa shape index (κ1) is 20.1. The Hall–Kier alpha value is -3.21. The molecule has 1 fully saturated rings. The summed E-state index contributed by atoms with van der Waals surface area (Å²) < 4.78 is 35.7. The van der Waals surface area contributed by atoms with Gasteiger partial charge in [-0.25, -0.2) is 8.78 Å². The summed E-state index contributed by atoms with van der Waals surface area (Å²) in [6.07, 6.45) is 0.368. The molecule has 0 aromatic heterocycles. The van der Waals surface area contributed by atoms with E-state index in [1.807, 2.05) is 36.4 Å². The summed E-state index contributed by atoms with van der Waals surface area (Å²) >= 11 is 0. The molecule has 3 aromatic carbocycles. The summed E-state index contributed by atoms with van der Waals surface area (Å²) in [6, 6.07) is 22.5. The van der Waals surface area contributed by atoms with E-state index >= 15 is 4.39 Å². The number of alkyl halides is 1. The molecular formula is C25H23F2NO2. The van der Waals surface area contributed by atoms with Gasteiger partial charge in [-0.1, -0.05) is 48.5 Å². The number of methoxy groups -OCH3 is 1. The lowest BCUT2D eigenvalue weighted by Crippen LogP contribution is -2.41. The number of anilines is 1. The van der Waals surface area contributed by atoms with Crippen LogP contribution < -0.4 is 10.1 Å². The molecule has 30 heavy (non-hydrogen) atoms. The number of hydrogen-bond donors (Lipinski definition) is 1. The fourth-order valence-electron chi connectivity index (χ4n) is 4.34. The van der Waals surface area contributed by atoms with Gasteiger partial charge in [0.05, 0.1) is 7.11 Å². The number of nitrogens with one attached hydrogen (secondary N) is 1. The number of halogens is 2. The van der Waals surface area contributed by atoms with Crippen LogP contribution in [-0.4, -0.2) is 18.7 Å². The molecule has 0 bridgehead atoms. The van der Waals surface area contributed by atoms with Crippen molar-refractivity contribution in [1.29, 1.82) is 0 Å². The molecule has 0 aliphatic heterocycles. The van der Waals surface area contributed by atoms with Gasteiger partial charge in [0.2, 0.25) is 0 Å².